The maximum absolute atomic E-state index is 9.51. The van der Waals surface area contributed by atoms with Crippen molar-refractivity contribution in [1.82, 2.24) is 4.90 Å². The molecule has 1 heterocycles. The Morgan fingerprint density at radius 1 is 1.40 bits per heavy atom. The summed E-state index contributed by atoms with van der Waals surface area (Å²) < 4.78 is 5.47. The van der Waals surface area contributed by atoms with Crippen molar-refractivity contribution in [1.29, 1.82) is 0 Å². The van der Waals surface area contributed by atoms with Gasteiger partial charge >= 0.3 is 0 Å². The highest BCUT2D eigenvalue weighted by atomic mass is 16.5. The van der Waals surface area contributed by atoms with Gasteiger partial charge in [-0.05, 0) is 19.3 Å². The van der Waals surface area contributed by atoms with E-state index >= 15 is 0 Å². The van der Waals surface area contributed by atoms with Crippen molar-refractivity contribution in [2.45, 2.75) is 38.4 Å². The summed E-state index contributed by atoms with van der Waals surface area (Å²) in [6.07, 6.45) is 2.94. The standard InChI is InChI=1S/C11H23NO3/c1-2-10(14)9-12-5-3-11(4-6-12)15-8-7-13/h10-11,13-14H,2-9H2,1H3. The van der Waals surface area contributed by atoms with E-state index in [-0.39, 0.29) is 12.7 Å². The highest BCUT2D eigenvalue weighted by molar-refractivity contribution is 4.74. The Bertz CT molecular complexity index is 158. The minimum atomic E-state index is -0.195. The Labute approximate surface area is 91.8 Å². The van der Waals surface area contributed by atoms with Gasteiger partial charge in [-0.2, -0.15) is 0 Å². The van der Waals surface area contributed by atoms with Crippen molar-refractivity contribution in [2.75, 3.05) is 32.8 Å². The van der Waals surface area contributed by atoms with Crippen LogP contribution in [-0.2, 0) is 4.74 Å². The van der Waals surface area contributed by atoms with Crippen molar-refractivity contribution < 1.29 is 14.9 Å². The van der Waals surface area contributed by atoms with E-state index in [9.17, 15) is 5.11 Å². The molecule has 0 spiro atoms. The molecule has 1 atom stereocenters. The second-order valence-corrected chi connectivity index (χ2v) is 4.16. The van der Waals surface area contributed by atoms with Crippen LogP contribution in [0.4, 0.5) is 0 Å². The highest BCUT2D eigenvalue weighted by Gasteiger charge is 2.20. The van der Waals surface area contributed by atoms with Crippen molar-refractivity contribution in [3.8, 4) is 0 Å². The first-order valence-corrected chi connectivity index (χ1v) is 5.89. The SMILES string of the molecule is CCC(O)CN1CCC(OCCO)CC1. The molecule has 0 bridgehead atoms. The predicted octanol–water partition coefficient (Wildman–Crippen LogP) is 0.231. The topological polar surface area (TPSA) is 52.9 Å². The Morgan fingerprint density at radius 2 is 2.07 bits per heavy atom. The van der Waals surface area contributed by atoms with Crippen molar-refractivity contribution >= 4 is 0 Å². The number of piperidine rings is 1. The number of β-amino-alcohol motifs (C(OH)–C–C–N with tert-alkyl or cyclic N) is 1. The van der Waals surface area contributed by atoms with Crippen LogP contribution in [-0.4, -0.2) is 60.2 Å². The normalized spacial score (nSPS) is 21.8. The lowest BCUT2D eigenvalue weighted by molar-refractivity contribution is -0.0149. The van der Waals surface area contributed by atoms with Crippen LogP contribution >= 0.6 is 0 Å². The Morgan fingerprint density at radius 3 is 2.60 bits per heavy atom. The van der Waals surface area contributed by atoms with Gasteiger partial charge in [0.05, 0.1) is 25.4 Å². The van der Waals surface area contributed by atoms with Gasteiger partial charge in [0.1, 0.15) is 0 Å². The van der Waals surface area contributed by atoms with Crippen LogP contribution in [0.15, 0.2) is 0 Å². The van der Waals surface area contributed by atoms with E-state index in [1.165, 1.54) is 0 Å². The first-order valence-electron chi connectivity index (χ1n) is 5.89. The molecule has 0 aromatic rings. The molecule has 15 heavy (non-hydrogen) atoms. The summed E-state index contributed by atoms with van der Waals surface area (Å²) in [4.78, 5) is 2.28. The molecule has 1 rings (SSSR count). The number of aliphatic hydroxyl groups is 2. The third-order valence-electron chi connectivity index (χ3n) is 2.92. The lowest BCUT2D eigenvalue weighted by atomic mass is 10.1. The second-order valence-electron chi connectivity index (χ2n) is 4.16. The largest absolute Gasteiger partial charge is 0.394 e. The van der Waals surface area contributed by atoms with Gasteiger partial charge in [-0.15, -0.1) is 0 Å². The third kappa shape index (κ3) is 4.93. The minimum Gasteiger partial charge on any atom is -0.394 e. The molecule has 0 saturated carbocycles. The second kappa shape index (κ2) is 7.17. The average Bonchev–Trinajstić information content (AvgIpc) is 2.28. The van der Waals surface area contributed by atoms with E-state index in [0.717, 1.165) is 38.9 Å². The fraction of sp³-hybridized carbons (Fsp3) is 1.00. The first-order chi connectivity index (χ1) is 7.26. The van der Waals surface area contributed by atoms with E-state index in [2.05, 4.69) is 4.90 Å². The van der Waals surface area contributed by atoms with Gasteiger partial charge in [0.15, 0.2) is 0 Å². The number of hydrogen-bond acceptors (Lipinski definition) is 4. The zero-order valence-electron chi connectivity index (χ0n) is 9.56. The molecule has 1 aliphatic heterocycles. The van der Waals surface area contributed by atoms with Gasteiger partial charge in [-0.25, -0.2) is 0 Å². The maximum Gasteiger partial charge on any atom is 0.0701 e. The van der Waals surface area contributed by atoms with Crippen molar-refractivity contribution in [2.24, 2.45) is 0 Å². The molecule has 2 N–H and O–H groups in total. The summed E-state index contributed by atoms with van der Waals surface area (Å²) in [5, 5.41) is 18.1. The molecular formula is C11H23NO3. The number of rotatable bonds is 6. The number of nitrogens with zero attached hydrogens (tertiary/aromatic N) is 1. The zero-order valence-corrected chi connectivity index (χ0v) is 9.56. The van der Waals surface area contributed by atoms with Gasteiger partial charge in [-0.1, -0.05) is 6.92 Å². The van der Waals surface area contributed by atoms with Gasteiger partial charge in [0, 0.05) is 19.6 Å². The molecule has 0 aromatic carbocycles. The lowest BCUT2D eigenvalue weighted by Crippen LogP contribution is -2.41. The molecule has 4 heteroatoms. The van der Waals surface area contributed by atoms with E-state index in [0.29, 0.717) is 12.7 Å². The fourth-order valence-corrected chi connectivity index (χ4v) is 1.91. The Hall–Kier alpha value is -0.160. The highest BCUT2D eigenvalue weighted by Crippen LogP contribution is 2.14. The number of hydrogen-bond donors (Lipinski definition) is 2. The number of likely N-dealkylation sites (tertiary alicyclic amines) is 1. The van der Waals surface area contributed by atoms with Crippen LogP contribution in [0.3, 0.4) is 0 Å². The summed E-state index contributed by atoms with van der Waals surface area (Å²) in [5.74, 6) is 0. The van der Waals surface area contributed by atoms with E-state index < -0.39 is 0 Å². The first kappa shape index (κ1) is 12.9. The quantitative estimate of drug-likeness (QED) is 0.669. The molecule has 0 radical (unpaired) electrons. The van der Waals surface area contributed by atoms with E-state index in [4.69, 9.17) is 9.84 Å². The fourth-order valence-electron chi connectivity index (χ4n) is 1.91. The van der Waals surface area contributed by atoms with Crippen molar-refractivity contribution in [3.63, 3.8) is 0 Å². The summed E-state index contributed by atoms with van der Waals surface area (Å²) in [5.41, 5.74) is 0. The Balaban J connectivity index is 2.12. The molecule has 1 aliphatic rings. The third-order valence-corrected chi connectivity index (χ3v) is 2.92. The van der Waals surface area contributed by atoms with Crippen LogP contribution in [0.25, 0.3) is 0 Å². The number of aliphatic hydroxyl groups excluding tert-OH is 2. The molecular weight excluding hydrogens is 194 g/mol. The van der Waals surface area contributed by atoms with Crippen molar-refractivity contribution in [3.05, 3.63) is 0 Å². The van der Waals surface area contributed by atoms with Crippen LogP contribution in [0, 0.1) is 0 Å². The van der Waals surface area contributed by atoms with Gasteiger partial charge in [0.2, 0.25) is 0 Å². The summed E-state index contributed by atoms with van der Waals surface area (Å²) in [6, 6.07) is 0. The molecule has 90 valence electrons. The van der Waals surface area contributed by atoms with E-state index in [1.54, 1.807) is 0 Å². The molecule has 0 amide bonds. The molecule has 1 fully saturated rings. The molecule has 4 nitrogen and oxygen atoms in total. The predicted molar refractivity (Wildman–Crippen MR) is 58.8 cm³/mol. The average molecular weight is 217 g/mol. The molecule has 1 unspecified atom stereocenters. The lowest BCUT2D eigenvalue weighted by Gasteiger charge is -2.32. The Kier molecular flexibility index (Phi) is 6.17. The summed E-state index contributed by atoms with van der Waals surface area (Å²) in [6.45, 7) is 5.32. The van der Waals surface area contributed by atoms with Crippen LogP contribution in [0.1, 0.15) is 26.2 Å². The van der Waals surface area contributed by atoms with Crippen LogP contribution in [0.5, 0.6) is 0 Å². The van der Waals surface area contributed by atoms with Crippen LogP contribution in [0.2, 0.25) is 0 Å². The summed E-state index contributed by atoms with van der Waals surface area (Å²) >= 11 is 0. The van der Waals surface area contributed by atoms with Gasteiger partial charge in [0.25, 0.3) is 0 Å². The maximum atomic E-state index is 9.51. The van der Waals surface area contributed by atoms with Gasteiger partial charge in [-0.3, -0.25) is 0 Å². The summed E-state index contributed by atoms with van der Waals surface area (Å²) in [7, 11) is 0. The molecule has 1 saturated heterocycles. The van der Waals surface area contributed by atoms with Gasteiger partial charge < -0.3 is 19.8 Å². The smallest absolute Gasteiger partial charge is 0.0701 e. The monoisotopic (exact) mass is 217 g/mol. The molecule has 0 aromatic heterocycles. The van der Waals surface area contributed by atoms with Crippen LogP contribution < -0.4 is 0 Å². The zero-order chi connectivity index (χ0) is 11.1. The minimum absolute atomic E-state index is 0.106. The van der Waals surface area contributed by atoms with E-state index in [1.807, 2.05) is 6.92 Å². The molecule has 0 aliphatic carbocycles. The number of ether oxygens (including phenoxy) is 1.